The molecule has 0 amide bonds. The summed E-state index contributed by atoms with van der Waals surface area (Å²) >= 11 is 0. The van der Waals surface area contributed by atoms with Crippen LogP contribution in [0.5, 0.6) is 11.5 Å². The molecule has 0 atom stereocenters. The molecule has 3 nitrogen and oxygen atoms in total. The van der Waals surface area contributed by atoms with Gasteiger partial charge in [0.1, 0.15) is 17.1 Å². The van der Waals surface area contributed by atoms with Crippen LogP contribution in [0.15, 0.2) is 48.9 Å². The highest BCUT2D eigenvalue weighted by Gasteiger charge is 2.36. The van der Waals surface area contributed by atoms with Gasteiger partial charge in [0.15, 0.2) is 0 Å². The monoisotopic (exact) mass is 390 g/mol. The van der Waals surface area contributed by atoms with Crippen LogP contribution < -0.4 is 4.74 Å². The molecule has 4 rings (SSSR count). The van der Waals surface area contributed by atoms with Gasteiger partial charge in [0, 0.05) is 17.0 Å². The van der Waals surface area contributed by atoms with E-state index in [2.05, 4.69) is 52.0 Å². The predicted molar refractivity (Wildman–Crippen MR) is 117 cm³/mol. The summed E-state index contributed by atoms with van der Waals surface area (Å²) < 4.78 is 11.7. The van der Waals surface area contributed by atoms with Gasteiger partial charge in [-0.3, -0.25) is 0 Å². The molecule has 29 heavy (non-hydrogen) atoms. The minimum atomic E-state index is -0.441. The van der Waals surface area contributed by atoms with Gasteiger partial charge in [-0.05, 0) is 63.0 Å². The second-order valence-corrected chi connectivity index (χ2v) is 8.61. The quantitative estimate of drug-likeness (QED) is 0.566. The zero-order valence-corrected chi connectivity index (χ0v) is 17.8. The predicted octanol–water partition coefficient (Wildman–Crippen LogP) is 6.87. The van der Waals surface area contributed by atoms with Crippen molar-refractivity contribution in [3.05, 3.63) is 71.2 Å². The number of hydrogen-bond acceptors (Lipinski definition) is 3. The molecule has 2 heterocycles. The number of allylic oxidation sites excluding steroid dienone is 2. The van der Waals surface area contributed by atoms with Crippen molar-refractivity contribution in [1.29, 1.82) is 0 Å². The van der Waals surface area contributed by atoms with E-state index in [-0.39, 0.29) is 5.92 Å². The van der Waals surface area contributed by atoms with Gasteiger partial charge < -0.3 is 14.6 Å². The average Bonchev–Trinajstić information content (AvgIpc) is 2.68. The molecule has 2 aromatic carbocycles. The number of ether oxygens (including phenoxy) is 2. The van der Waals surface area contributed by atoms with Crippen molar-refractivity contribution in [3.63, 3.8) is 0 Å². The molecule has 2 aromatic rings. The summed E-state index contributed by atoms with van der Waals surface area (Å²) in [4.78, 5) is 0. The van der Waals surface area contributed by atoms with Crippen molar-refractivity contribution in [2.24, 2.45) is 0 Å². The third kappa shape index (κ3) is 3.55. The van der Waals surface area contributed by atoms with Crippen LogP contribution in [0.3, 0.4) is 0 Å². The summed E-state index contributed by atoms with van der Waals surface area (Å²) in [7, 11) is 0. The zero-order chi connectivity index (χ0) is 20.6. The normalized spacial score (nSPS) is 16.7. The van der Waals surface area contributed by atoms with E-state index in [1.807, 2.05) is 12.2 Å². The molecular formula is C26H30O3. The molecule has 0 unspecified atom stereocenters. The Kier molecular flexibility index (Phi) is 5.16. The number of hydrogen-bond donors (Lipinski definition) is 1. The molecule has 0 saturated carbocycles. The Morgan fingerprint density at radius 2 is 1.83 bits per heavy atom. The molecule has 152 valence electrons. The number of phenolic OH excluding ortho intramolecular Hbond substituents is 1. The first-order chi connectivity index (χ1) is 13.9. The molecule has 0 aliphatic carbocycles. The summed E-state index contributed by atoms with van der Waals surface area (Å²) in [6, 6.07) is 8.55. The van der Waals surface area contributed by atoms with Gasteiger partial charge in [0.25, 0.3) is 0 Å². The lowest BCUT2D eigenvalue weighted by atomic mass is 9.81. The molecule has 2 aliphatic rings. The van der Waals surface area contributed by atoms with E-state index in [9.17, 15) is 5.11 Å². The minimum absolute atomic E-state index is 0.00567. The van der Waals surface area contributed by atoms with Crippen LogP contribution in [0.1, 0.15) is 68.2 Å². The minimum Gasteiger partial charge on any atom is -0.507 e. The fourth-order valence-corrected chi connectivity index (χ4v) is 4.48. The summed E-state index contributed by atoms with van der Waals surface area (Å²) in [5.41, 5.74) is 5.83. The molecule has 0 radical (unpaired) electrons. The van der Waals surface area contributed by atoms with E-state index in [1.54, 1.807) is 12.5 Å². The molecule has 0 fully saturated rings. The summed E-state index contributed by atoms with van der Waals surface area (Å²) in [6.45, 7) is 8.48. The number of fused-ring (bicyclic) bond motifs is 3. The standard InChI is InChI=1S/C26H30O3/c1-5-6-7-8-19-16-22-24(25(27)23(19)18-11-13-28-14-12-18)20-15-17(2)9-10-21(20)26(3,4)29-22/h9-16,18,27H,5-8H2,1-4H3. The Morgan fingerprint density at radius 3 is 2.55 bits per heavy atom. The molecule has 0 spiro atoms. The van der Waals surface area contributed by atoms with E-state index in [4.69, 9.17) is 9.47 Å². The van der Waals surface area contributed by atoms with Gasteiger partial charge in [-0.1, -0.05) is 43.5 Å². The van der Waals surface area contributed by atoms with Crippen LogP contribution in [-0.4, -0.2) is 5.11 Å². The fraction of sp³-hybridized carbons (Fsp3) is 0.385. The first-order valence-electron chi connectivity index (χ1n) is 10.6. The van der Waals surface area contributed by atoms with E-state index >= 15 is 0 Å². The van der Waals surface area contributed by atoms with Gasteiger partial charge in [0.05, 0.1) is 18.1 Å². The van der Waals surface area contributed by atoms with Crippen molar-refractivity contribution in [2.45, 2.75) is 64.9 Å². The summed E-state index contributed by atoms with van der Waals surface area (Å²) in [5, 5.41) is 11.5. The fourth-order valence-electron chi connectivity index (χ4n) is 4.48. The van der Waals surface area contributed by atoms with Crippen molar-refractivity contribution >= 4 is 0 Å². The largest absolute Gasteiger partial charge is 0.507 e. The maximum atomic E-state index is 11.5. The van der Waals surface area contributed by atoms with Gasteiger partial charge in [-0.2, -0.15) is 0 Å². The van der Waals surface area contributed by atoms with Crippen LogP contribution >= 0.6 is 0 Å². The van der Waals surface area contributed by atoms with E-state index in [1.165, 1.54) is 18.4 Å². The van der Waals surface area contributed by atoms with Crippen LogP contribution in [-0.2, 0) is 16.8 Å². The van der Waals surface area contributed by atoms with Gasteiger partial charge in [0.2, 0.25) is 0 Å². The maximum absolute atomic E-state index is 11.5. The zero-order valence-electron chi connectivity index (χ0n) is 17.8. The van der Waals surface area contributed by atoms with Crippen molar-refractivity contribution in [1.82, 2.24) is 0 Å². The number of phenols is 1. The molecule has 0 bridgehead atoms. The van der Waals surface area contributed by atoms with E-state index in [0.717, 1.165) is 46.4 Å². The second-order valence-electron chi connectivity index (χ2n) is 8.61. The smallest absolute Gasteiger partial charge is 0.132 e. The third-order valence-electron chi connectivity index (χ3n) is 5.96. The molecule has 0 saturated heterocycles. The summed E-state index contributed by atoms with van der Waals surface area (Å²) in [5.74, 6) is 1.10. The van der Waals surface area contributed by atoms with Crippen LogP contribution in [0.2, 0.25) is 0 Å². The van der Waals surface area contributed by atoms with Crippen LogP contribution in [0.25, 0.3) is 11.1 Å². The highest BCUT2D eigenvalue weighted by atomic mass is 16.5. The molecular weight excluding hydrogens is 360 g/mol. The second kappa shape index (κ2) is 7.62. The van der Waals surface area contributed by atoms with Crippen LogP contribution in [0, 0.1) is 6.92 Å². The number of aryl methyl sites for hydroxylation is 2. The topological polar surface area (TPSA) is 38.7 Å². The molecule has 1 N–H and O–H groups in total. The first-order valence-corrected chi connectivity index (χ1v) is 10.6. The van der Waals surface area contributed by atoms with Crippen LogP contribution in [0.4, 0.5) is 0 Å². The first kappa shape index (κ1) is 19.6. The van der Waals surface area contributed by atoms with Gasteiger partial charge in [-0.25, -0.2) is 0 Å². The Morgan fingerprint density at radius 1 is 1.07 bits per heavy atom. The lowest BCUT2D eigenvalue weighted by molar-refractivity contribution is 0.105. The van der Waals surface area contributed by atoms with Crippen molar-refractivity contribution < 1.29 is 14.6 Å². The van der Waals surface area contributed by atoms with Crippen molar-refractivity contribution in [2.75, 3.05) is 0 Å². The van der Waals surface area contributed by atoms with E-state index < -0.39 is 5.60 Å². The Bertz CT molecular complexity index is 970. The van der Waals surface area contributed by atoms with Gasteiger partial charge >= 0.3 is 0 Å². The number of benzene rings is 2. The molecule has 3 heteroatoms. The maximum Gasteiger partial charge on any atom is 0.132 e. The third-order valence-corrected chi connectivity index (χ3v) is 5.96. The lowest BCUT2D eigenvalue weighted by Gasteiger charge is -2.36. The Labute approximate surface area is 173 Å². The molecule has 0 aromatic heterocycles. The highest BCUT2D eigenvalue weighted by molar-refractivity contribution is 5.84. The SMILES string of the molecule is CCCCCc1cc2c(c(O)c1C1C=COC=C1)-c1cc(C)ccc1C(C)(C)O2. The highest BCUT2D eigenvalue weighted by Crippen LogP contribution is 2.53. The Hall–Kier alpha value is -2.68. The lowest BCUT2D eigenvalue weighted by Crippen LogP contribution is -2.29. The Balaban J connectivity index is 1.93. The van der Waals surface area contributed by atoms with Gasteiger partial charge in [-0.15, -0.1) is 0 Å². The summed E-state index contributed by atoms with van der Waals surface area (Å²) in [6.07, 6.45) is 11.7. The number of unbranched alkanes of at least 4 members (excludes halogenated alkanes) is 2. The average molecular weight is 391 g/mol. The van der Waals surface area contributed by atoms with Crippen molar-refractivity contribution in [3.8, 4) is 22.6 Å². The number of rotatable bonds is 5. The van der Waals surface area contributed by atoms with E-state index in [0.29, 0.717) is 5.75 Å². The molecule has 2 aliphatic heterocycles. The number of aromatic hydroxyl groups is 1.